The second-order valence-corrected chi connectivity index (χ2v) is 5.42. The molecule has 1 aliphatic heterocycles. The van der Waals surface area contributed by atoms with Gasteiger partial charge in [-0.05, 0) is 24.5 Å². The van der Waals surface area contributed by atoms with Gasteiger partial charge in [-0.25, -0.2) is 0 Å². The van der Waals surface area contributed by atoms with Crippen LogP contribution < -0.4 is 15.2 Å². The second kappa shape index (κ2) is 5.02. The van der Waals surface area contributed by atoms with Crippen LogP contribution in [0.4, 0.5) is 0 Å². The summed E-state index contributed by atoms with van der Waals surface area (Å²) in [6.45, 7) is 1.76. The van der Waals surface area contributed by atoms with E-state index in [1.807, 2.05) is 6.07 Å². The lowest BCUT2D eigenvalue weighted by molar-refractivity contribution is 0.161. The standard InChI is InChI=1S/C15H21NO3/c1-17-10-11-4-5-12-14(19-9-8-18-12)13(11)15(16)6-2-3-7-15/h4-5H,2-3,6-10,16H2,1H3. The summed E-state index contributed by atoms with van der Waals surface area (Å²) < 4.78 is 16.9. The first-order chi connectivity index (χ1) is 9.24. The Morgan fingerprint density at radius 2 is 1.95 bits per heavy atom. The molecule has 0 bridgehead atoms. The van der Waals surface area contributed by atoms with Gasteiger partial charge in [-0.1, -0.05) is 18.9 Å². The van der Waals surface area contributed by atoms with Crippen molar-refractivity contribution < 1.29 is 14.2 Å². The molecule has 19 heavy (non-hydrogen) atoms. The van der Waals surface area contributed by atoms with Crippen molar-refractivity contribution in [2.45, 2.75) is 37.8 Å². The molecule has 4 heteroatoms. The fourth-order valence-electron chi connectivity index (χ4n) is 3.23. The largest absolute Gasteiger partial charge is 0.486 e. The summed E-state index contributed by atoms with van der Waals surface area (Å²) in [6.07, 6.45) is 4.36. The third kappa shape index (κ3) is 2.19. The minimum atomic E-state index is -0.292. The quantitative estimate of drug-likeness (QED) is 0.909. The molecule has 104 valence electrons. The van der Waals surface area contributed by atoms with Crippen LogP contribution in [0.15, 0.2) is 12.1 Å². The lowest BCUT2D eigenvalue weighted by Crippen LogP contribution is -2.36. The molecule has 1 aliphatic carbocycles. The Balaban J connectivity index is 2.12. The summed E-state index contributed by atoms with van der Waals surface area (Å²) in [5.74, 6) is 1.66. The van der Waals surface area contributed by atoms with E-state index in [9.17, 15) is 0 Å². The monoisotopic (exact) mass is 263 g/mol. The Bertz CT molecular complexity index is 467. The van der Waals surface area contributed by atoms with E-state index in [2.05, 4.69) is 6.07 Å². The van der Waals surface area contributed by atoms with Crippen LogP contribution >= 0.6 is 0 Å². The zero-order valence-corrected chi connectivity index (χ0v) is 11.4. The molecule has 3 rings (SSSR count). The van der Waals surface area contributed by atoms with Crippen molar-refractivity contribution >= 4 is 0 Å². The summed E-state index contributed by atoms with van der Waals surface area (Å²) in [4.78, 5) is 0. The lowest BCUT2D eigenvalue weighted by atomic mass is 9.85. The minimum absolute atomic E-state index is 0.292. The number of ether oxygens (including phenoxy) is 3. The molecular formula is C15H21NO3. The maximum Gasteiger partial charge on any atom is 0.166 e. The molecule has 0 saturated heterocycles. The van der Waals surface area contributed by atoms with Gasteiger partial charge in [0.25, 0.3) is 0 Å². The van der Waals surface area contributed by atoms with E-state index in [0.717, 1.165) is 35.5 Å². The number of methoxy groups -OCH3 is 1. The van der Waals surface area contributed by atoms with Gasteiger partial charge in [0.15, 0.2) is 11.5 Å². The molecule has 0 unspecified atom stereocenters. The Morgan fingerprint density at radius 3 is 2.68 bits per heavy atom. The Kier molecular flexibility index (Phi) is 3.37. The van der Waals surface area contributed by atoms with Gasteiger partial charge in [-0.3, -0.25) is 0 Å². The summed E-state index contributed by atoms with van der Waals surface area (Å²) in [6, 6.07) is 4.02. The predicted molar refractivity (Wildman–Crippen MR) is 72.5 cm³/mol. The summed E-state index contributed by atoms with van der Waals surface area (Å²) in [5, 5.41) is 0. The van der Waals surface area contributed by atoms with Crippen LogP contribution in [0.25, 0.3) is 0 Å². The van der Waals surface area contributed by atoms with Gasteiger partial charge in [0.05, 0.1) is 6.61 Å². The zero-order valence-electron chi connectivity index (χ0n) is 11.4. The normalized spacial score (nSPS) is 20.5. The van der Waals surface area contributed by atoms with Crippen LogP contribution in [0.1, 0.15) is 36.8 Å². The SMILES string of the molecule is COCc1ccc2c(c1C1(N)CCCC1)OCCO2. The summed E-state index contributed by atoms with van der Waals surface area (Å²) in [5.41, 5.74) is 8.58. The molecule has 1 aromatic rings. The van der Waals surface area contributed by atoms with Crippen molar-refractivity contribution in [1.82, 2.24) is 0 Å². The average Bonchev–Trinajstić information content (AvgIpc) is 2.86. The first kappa shape index (κ1) is 12.8. The van der Waals surface area contributed by atoms with Gasteiger partial charge in [0, 0.05) is 18.2 Å². The molecule has 0 spiro atoms. The molecule has 0 aromatic heterocycles. The minimum Gasteiger partial charge on any atom is -0.486 e. The van der Waals surface area contributed by atoms with Crippen molar-refractivity contribution in [2.75, 3.05) is 20.3 Å². The smallest absolute Gasteiger partial charge is 0.166 e. The van der Waals surface area contributed by atoms with Crippen LogP contribution in [0.3, 0.4) is 0 Å². The van der Waals surface area contributed by atoms with Crippen LogP contribution in [0.2, 0.25) is 0 Å². The van der Waals surface area contributed by atoms with Crippen molar-refractivity contribution in [3.05, 3.63) is 23.3 Å². The number of hydrogen-bond acceptors (Lipinski definition) is 4. The van der Waals surface area contributed by atoms with Gasteiger partial charge in [0.2, 0.25) is 0 Å². The van der Waals surface area contributed by atoms with E-state index in [0.29, 0.717) is 19.8 Å². The summed E-state index contributed by atoms with van der Waals surface area (Å²) >= 11 is 0. The van der Waals surface area contributed by atoms with Gasteiger partial charge >= 0.3 is 0 Å². The van der Waals surface area contributed by atoms with Crippen LogP contribution in [-0.2, 0) is 16.9 Å². The van der Waals surface area contributed by atoms with E-state index in [4.69, 9.17) is 19.9 Å². The lowest BCUT2D eigenvalue weighted by Gasteiger charge is -2.32. The number of rotatable bonds is 3. The average molecular weight is 263 g/mol. The highest BCUT2D eigenvalue weighted by Crippen LogP contribution is 2.47. The maximum absolute atomic E-state index is 6.64. The predicted octanol–water partition coefficient (Wildman–Crippen LogP) is 2.33. The summed E-state index contributed by atoms with van der Waals surface area (Å²) in [7, 11) is 1.71. The maximum atomic E-state index is 6.64. The highest BCUT2D eigenvalue weighted by molar-refractivity contribution is 5.55. The second-order valence-electron chi connectivity index (χ2n) is 5.42. The molecule has 0 radical (unpaired) electrons. The zero-order chi connectivity index (χ0) is 13.3. The van der Waals surface area contributed by atoms with E-state index >= 15 is 0 Å². The number of nitrogens with two attached hydrogens (primary N) is 1. The molecule has 1 aromatic carbocycles. The Hall–Kier alpha value is -1.26. The molecule has 2 aliphatic rings. The van der Waals surface area contributed by atoms with Crippen molar-refractivity contribution in [3.8, 4) is 11.5 Å². The van der Waals surface area contributed by atoms with E-state index in [1.54, 1.807) is 7.11 Å². The Morgan fingerprint density at radius 1 is 1.21 bits per heavy atom. The molecule has 2 N–H and O–H groups in total. The van der Waals surface area contributed by atoms with Gasteiger partial charge in [-0.15, -0.1) is 0 Å². The van der Waals surface area contributed by atoms with Crippen molar-refractivity contribution in [3.63, 3.8) is 0 Å². The van der Waals surface area contributed by atoms with Crippen LogP contribution in [0, 0.1) is 0 Å². The number of fused-ring (bicyclic) bond motifs is 1. The number of hydrogen-bond donors (Lipinski definition) is 1. The number of benzene rings is 1. The van der Waals surface area contributed by atoms with Crippen molar-refractivity contribution in [2.24, 2.45) is 5.73 Å². The first-order valence-corrected chi connectivity index (χ1v) is 6.94. The van der Waals surface area contributed by atoms with Crippen molar-refractivity contribution in [1.29, 1.82) is 0 Å². The van der Waals surface area contributed by atoms with Crippen LogP contribution in [-0.4, -0.2) is 20.3 Å². The van der Waals surface area contributed by atoms with E-state index < -0.39 is 0 Å². The third-order valence-corrected chi connectivity index (χ3v) is 4.09. The molecule has 1 fully saturated rings. The molecular weight excluding hydrogens is 242 g/mol. The van der Waals surface area contributed by atoms with Crippen LogP contribution in [0.5, 0.6) is 11.5 Å². The molecule has 1 heterocycles. The fraction of sp³-hybridized carbons (Fsp3) is 0.600. The van der Waals surface area contributed by atoms with E-state index in [1.165, 1.54) is 12.8 Å². The third-order valence-electron chi connectivity index (χ3n) is 4.09. The molecule has 0 amide bonds. The topological polar surface area (TPSA) is 53.7 Å². The highest BCUT2D eigenvalue weighted by atomic mass is 16.6. The first-order valence-electron chi connectivity index (χ1n) is 6.94. The van der Waals surface area contributed by atoms with Gasteiger partial charge in [-0.2, -0.15) is 0 Å². The molecule has 1 saturated carbocycles. The van der Waals surface area contributed by atoms with Gasteiger partial charge in [0.1, 0.15) is 13.2 Å². The van der Waals surface area contributed by atoms with Gasteiger partial charge < -0.3 is 19.9 Å². The molecule has 0 atom stereocenters. The van der Waals surface area contributed by atoms with E-state index in [-0.39, 0.29) is 5.54 Å². The molecule has 4 nitrogen and oxygen atoms in total. The fourth-order valence-corrected chi connectivity index (χ4v) is 3.23. The highest BCUT2D eigenvalue weighted by Gasteiger charge is 2.37. The Labute approximate surface area is 113 Å².